The van der Waals surface area contributed by atoms with E-state index in [1.807, 2.05) is 6.20 Å². The van der Waals surface area contributed by atoms with Gasteiger partial charge in [0.25, 0.3) is 0 Å². The Hall–Kier alpha value is -0.830. The number of hydrogen-bond donors (Lipinski definition) is 1. The monoisotopic (exact) mass is 249 g/mol. The molecule has 1 atom stereocenters. The molecule has 1 saturated heterocycles. The van der Waals surface area contributed by atoms with Crippen LogP contribution in [0.2, 0.25) is 0 Å². The summed E-state index contributed by atoms with van der Waals surface area (Å²) in [7, 11) is 0. The third-order valence-corrected chi connectivity index (χ3v) is 4.50. The van der Waals surface area contributed by atoms with Crippen LogP contribution < -0.4 is 5.32 Å². The van der Waals surface area contributed by atoms with Gasteiger partial charge in [0.15, 0.2) is 0 Å². The van der Waals surface area contributed by atoms with Crippen molar-refractivity contribution in [2.75, 3.05) is 6.54 Å². The van der Waals surface area contributed by atoms with Crippen LogP contribution in [0.15, 0.2) is 12.4 Å². The van der Waals surface area contributed by atoms with Gasteiger partial charge in [-0.1, -0.05) is 26.7 Å². The Balaban J connectivity index is 2.19. The van der Waals surface area contributed by atoms with Crippen LogP contribution in [0.25, 0.3) is 0 Å². The minimum atomic E-state index is 0.245. The second-order valence-electron chi connectivity index (χ2n) is 5.85. The normalized spacial score (nSPS) is 25.3. The van der Waals surface area contributed by atoms with Gasteiger partial charge in [-0.3, -0.25) is 0 Å². The SMILES string of the molecule is CCn1ccnc1CC1(C(C)C)CCCCCN1. The average Bonchev–Trinajstić information content (AvgIpc) is 2.65. The van der Waals surface area contributed by atoms with Gasteiger partial charge in [-0.2, -0.15) is 0 Å². The van der Waals surface area contributed by atoms with Gasteiger partial charge in [0.1, 0.15) is 5.82 Å². The highest BCUT2D eigenvalue weighted by atomic mass is 15.1. The van der Waals surface area contributed by atoms with E-state index in [0.29, 0.717) is 5.92 Å². The highest BCUT2D eigenvalue weighted by molar-refractivity contribution is 5.04. The molecule has 0 aliphatic carbocycles. The summed E-state index contributed by atoms with van der Waals surface area (Å²) < 4.78 is 2.27. The lowest BCUT2D eigenvalue weighted by molar-refractivity contribution is 0.220. The molecule has 0 amide bonds. The minimum absolute atomic E-state index is 0.245. The van der Waals surface area contributed by atoms with Gasteiger partial charge in [-0.05, 0) is 32.2 Å². The van der Waals surface area contributed by atoms with E-state index in [2.05, 4.69) is 41.8 Å². The van der Waals surface area contributed by atoms with Crippen LogP contribution in [0.1, 0.15) is 52.3 Å². The molecule has 2 heterocycles. The van der Waals surface area contributed by atoms with Crippen LogP contribution in [0.4, 0.5) is 0 Å². The first-order valence-corrected chi connectivity index (χ1v) is 7.43. The second-order valence-corrected chi connectivity index (χ2v) is 5.85. The highest BCUT2D eigenvalue weighted by Gasteiger charge is 2.35. The number of rotatable bonds is 4. The van der Waals surface area contributed by atoms with E-state index in [1.165, 1.54) is 31.5 Å². The number of nitrogens with one attached hydrogen (secondary N) is 1. The van der Waals surface area contributed by atoms with Crippen LogP contribution in [-0.4, -0.2) is 21.6 Å². The molecule has 1 aliphatic rings. The molecule has 0 spiro atoms. The molecule has 0 bridgehead atoms. The third kappa shape index (κ3) is 2.77. The molecule has 102 valence electrons. The Morgan fingerprint density at radius 2 is 2.22 bits per heavy atom. The molecule has 0 aromatic carbocycles. The molecular weight excluding hydrogens is 222 g/mol. The highest BCUT2D eigenvalue weighted by Crippen LogP contribution is 2.30. The van der Waals surface area contributed by atoms with Gasteiger partial charge < -0.3 is 9.88 Å². The summed E-state index contributed by atoms with van der Waals surface area (Å²) in [6.07, 6.45) is 10.4. The molecule has 0 saturated carbocycles. The van der Waals surface area contributed by atoms with Crippen molar-refractivity contribution in [2.24, 2.45) is 5.92 Å². The molecule has 0 radical (unpaired) electrons. The predicted octanol–water partition coefficient (Wildman–Crippen LogP) is 3.00. The number of nitrogens with zero attached hydrogens (tertiary/aromatic N) is 2. The fourth-order valence-electron chi connectivity index (χ4n) is 3.09. The van der Waals surface area contributed by atoms with Crippen LogP contribution in [-0.2, 0) is 13.0 Å². The molecule has 1 aromatic rings. The fraction of sp³-hybridized carbons (Fsp3) is 0.800. The van der Waals surface area contributed by atoms with Gasteiger partial charge in [-0.15, -0.1) is 0 Å². The molecule has 1 aromatic heterocycles. The van der Waals surface area contributed by atoms with E-state index in [1.54, 1.807) is 0 Å². The second kappa shape index (κ2) is 5.87. The van der Waals surface area contributed by atoms with E-state index in [0.717, 1.165) is 19.5 Å². The van der Waals surface area contributed by atoms with Crippen LogP contribution in [0.3, 0.4) is 0 Å². The summed E-state index contributed by atoms with van der Waals surface area (Å²) in [4.78, 5) is 4.56. The Kier molecular flexibility index (Phi) is 4.44. The lowest BCUT2D eigenvalue weighted by Gasteiger charge is -2.38. The molecule has 2 rings (SSSR count). The van der Waals surface area contributed by atoms with Crippen molar-refractivity contribution >= 4 is 0 Å². The zero-order valence-corrected chi connectivity index (χ0v) is 12.1. The summed E-state index contributed by atoms with van der Waals surface area (Å²) in [5.41, 5.74) is 0.245. The van der Waals surface area contributed by atoms with Crippen molar-refractivity contribution in [3.63, 3.8) is 0 Å². The molecule has 3 heteroatoms. The van der Waals surface area contributed by atoms with Gasteiger partial charge in [0, 0.05) is 30.9 Å². The van der Waals surface area contributed by atoms with E-state index in [-0.39, 0.29) is 5.54 Å². The summed E-state index contributed by atoms with van der Waals surface area (Å²) in [6, 6.07) is 0. The first-order chi connectivity index (χ1) is 8.68. The van der Waals surface area contributed by atoms with Crippen molar-refractivity contribution in [2.45, 2.75) is 65.0 Å². The fourth-order valence-corrected chi connectivity index (χ4v) is 3.09. The Morgan fingerprint density at radius 1 is 1.39 bits per heavy atom. The standard InChI is InChI=1S/C15H27N3/c1-4-18-11-10-16-14(18)12-15(13(2)3)8-6-5-7-9-17-15/h10-11,13,17H,4-9,12H2,1-3H3. The number of hydrogen-bond acceptors (Lipinski definition) is 2. The van der Waals surface area contributed by atoms with Crippen molar-refractivity contribution in [1.82, 2.24) is 14.9 Å². The van der Waals surface area contributed by atoms with Crippen molar-refractivity contribution in [3.8, 4) is 0 Å². The van der Waals surface area contributed by atoms with Crippen molar-refractivity contribution in [1.29, 1.82) is 0 Å². The first-order valence-electron chi connectivity index (χ1n) is 7.43. The Labute approximate surface area is 111 Å². The molecule has 3 nitrogen and oxygen atoms in total. The molecule has 1 aliphatic heterocycles. The smallest absolute Gasteiger partial charge is 0.110 e. The number of imidazole rings is 1. The maximum atomic E-state index is 4.56. The van der Waals surface area contributed by atoms with E-state index >= 15 is 0 Å². The van der Waals surface area contributed by atoms with Gasteiger partial charge in [0.2, 0.25) is 0 Å². The summed E-state index contributed by atoms with van der Waals surface area (Å²) >= 11 is 0. The molecule has 18 heavy (non-hydrogen) atoms. The van der Waals surface area contributed by atoms with E-state index in [9.17, 15) is 0 Å². The molecule has 1 unspecified atom stereocenters. The zero-order chi connectivity index (χ0) is 13.0. The quantitative estimate of drug-likeness (QED) is 0.889. The van der Waals surface area contributed by atoms with Gasteiger partial charge in [-0.25, -0.2) is 4.98 Å². The zero-order valence-electron chi connectivity index (χ0n) is 12.1. The number of aryl methyl sites for hydroxylation is 1. The van der Waals surface area contributed by atoms with Gasteiger partial charge >= 0.3 is 0 Å². The molecule has 1 fully saturated rings. The molecular formula is C15H27N3. The largest absolute Gasteiger partial charge is 0.335 e. The Morgan fingerprint density at radius 3 is 2.94 bits per heavy atom. The minimum Gasteiger partial charge on any atom is -0.335 e. The average molecular weight is 249 g/mol. The van der Waals surface area contributed by atoms with Crippen LogP contribution in [0.5, 0.6) is 0 Å². The van der Waals surface area contributed by atoms with Crippen molar-refractivity contribution < 1.29 is 0 Å². The number of aromatic nitrogens is 2. The third-order valence-electron chi connectivity index (χ3n) is 4.50. The van der Waals surface area contributed by atoms with Crippen LogP contribution >= 0.6 is 0 Å². The summed E-state index contributed by atoms with van der Waals surface area (Å²) in [6.45, 7) is 9.05. The van der Waals surface area contributed by atoms with E-state index < -0.39 is 0 Å². The maximum Gasteiger partial charge on any atom is 0.110 e. The molecule has 1 N–H and O–H groups in total. The summed E-state index contributed by atoms with van der Waals surface area (Å²) in [5, 5.41) is 3.83. The maximum absolute atomic E-state index is 4.56. The van der Waals surface area contributed by atoms with Crippen LogP contribution in [0, 0.1) is 5.92 Å². The summed E-state index contributed by atoms with van der Waals surface area (Å²) in [5.74, 6) is 1.89. The van der Waals surface area contributed by atoms with Gasteiger partial charge in [0.05, 0.1) is 0 Å². The Bertz CT molecular complexity index is 360. The lowest BCUT2D eigenvalue weighted by atomic mass is 9.79. The first kappa shape index (κ1) is 13.6. The van der Waals surface area contributed by atoms with E-state index in [4.69, 9.17) is 0 Å². The predicted molar refractivity (Wildman–Crippen MR) is 75.6 cm³/mol. The topological polar surface area (TPSA) is 29.9 Å². The lowest BCUT2D eigenvalue weighted by Crippen LogP contribution is -2.51. The van der Waals surface area contributed by atoms with Crippen molar-refractivity contribution in [3.05, 3.63) is 18.2 Å².